The van der Waals surface area contributed by atoms with Crippen molar-refractivity contribution in [3.8, 4) is 0 Å². The molecule has 0 aliphatic rings. The van der Waals surface area contributed by atoms with Gasteiger partial charge < -0.3 is 4.74 Å². The van der Waals surface area contributed by atoms with Crippen LogP contribution in [0.3, 0.4) is 0 Å². The highest BCUT2D eigenvalue weighted by Crippen LogP contribution is 2.22. The zero-order chi connectivity index (χ0) is 13.0. The minimum atomic E-state index is -0.384. The van der Waals surface area contributed by atoms with E-state index in [-0.39, 0.29) is 17.9 Å². The highest BCUT2D eigenvalue weighted by molar-refractivity contribution is 5.88. The van der Waals surface area contributed by atoms with Gasteiger partial charge in [-0.25, -0.2) is 9.48 Å². The smallest absolute Gasteiger partial charge is 0.360 e. The van der Waals surface area contributed by atoms with E-state index in [9.17, 15) is 4.79 Å². The summed E-state index contributed by atoms with van der Waals surface area (Å²) in [5.41, 5.74) is 1.21. The van der Waals surface area contributed by atoms with Crippen molar-refractivity contribution in [2.75, 3.05) is 6.61 Å². The fourth-order valence-electron chi connectivity index (χ4n) is 1.68. The summed E-state index contributed by atoms with van der Waals surface area (Å²) < 4.78 is 6.82. The van der Waals surface area contributed by atoms with E-state index < -0.39 is 0 Å². The number of esters is 1. The monoisotopic (exact) mass is 239 g/mol. The molecule has 0 aliphatic carbocycles. The summed E-state index contributed by atoms with van der Waals surface area (Å²) in [4.78, 5) is 11.8. The van der Waals surface area contributed by atoms with Crippen molar-refractivity contribution in [3.63, 3.8) is 0 Å². The Balaban J connectivity index is 3.15. The van der Waals surface area contributed by atoms with Crippen LogP contribution >= 0.6 is 0 Å². The van der Waals surface area contributed by atoms with Gasteiger partial charge >= 0.3 is 5.97 Å². The molecule has 0 aromatic carbocycles. The number of ether oxygens (including phenoxy) is 1. The molecule has 17 heavy (non-hydrogen) atoms. The van der Waals surface area contributed by atoms with Gasteiger partial charge in [0.25, 0.3) is 0 Å². The maximum absolute atomic E-state index is 11.8. The predicted octanol–water partition coefficient (Wildman–Crippen LogP) is 2.55. The molecule has 1 aromatic rings. The lowest BCUT2D eigenvalue weighted by Crippen LogP contribution is -2.14. The Kier molecular flexibility index (Phi) is 4.66. The lowest BCUT2D eigenvalue weighted by Gasteiger charge is -2.15. The molecule has 5 nitrogen and oxygen atoms in total. The van der Waals surface area contributed by atoms with Crippen LogP contribution in [0, 0.1) is 0 Å². The molecule has 0 bridgehead atoms. The second-order valence-electron chi connectivity index (χ2n) is 4.40. The first-order valence-electron chi connectivity index (χ1n) is 6.15. The summed E-state index contributed by atoms with van der Waals surface area (Å²) in [5.74, 6) is -0.191. The molecule has 96 valence electrons. The number of hydrogen-bond donors (Lipinski definition) is 0. The maximum Gasteiger partial charge on any atom is 0.360 e. The normalized spacial score (nSPS) is 12.8. The second kappa shape index (κ2) is 5.80. The molecular formula is C12H21N3O2. The highest BCUT2D eigenvalue weighted by atomic mass is 16.5. The van der Waals surface area contributed by atoms with Crippen molar-refractivity contribution >= 4 is 5.97 Å². The van der Waals surface area contributed by atoms with E-state index >= 15 is 0 Å². The number of hydrogen-bond acceptors (Lipinski definition) is 4. The molecular weight excluding hydrogens is 218 g/mol. The van der Waals surface area contributed by atoms with Crippen LogP contribution in [0.1, 0.15) is 69.2 Å². The van der Waals surface area contributed by atoms with E-state index in [0.29, 0.717) is 12.3 Å². The standard InChI is InChI=1S/C12H21N3O2/c1-6-9(5)15-11(8(3)4)10(13-14-15)12(16)17-7-2/h8-9H,6-7H2,1-5H3. The van der Waals surface area contributed by atoms with Gasteiger partial charge in [0.2, 0.25) is 0 Å². The average Bonchev–Trinajstić information content (AvgIpc) is 2.72. The Morgan fingerprint density at radius 2 is 2.00 bits per heavy atom. The van der Waals surface area contributed by atoms with Crippen LogP contribution in [0.15, 0.2) is 0 Å². The molecule has 1 heterocycles. The first-order chi connectivity index (χ1) is 8.02. The topological polar surface area (TPSA) is 57.0 Å². The molecule has 1 unspecified atom stereocenters. The van der Waals surface area contributed by atoms with Gasteiger partial charge in [0.15, 0.2) is 5.69 Å². The van der Waals surface area contributed by atoms with Gasteiger partial charge in [0, 0.05) is 0 Å². The third-order valence-corrected chi connectivity index (χ3v) is 2.75. The van der Waals surface area contributed by atoms with Crippen molar-refractivity contribution < 1.29 is 9.53 Å². The number of rotatable bonds is 5. The van der Waals surface area contributed by atoms with Crippen LogP contribution in [0.2, 0.25) is 0 Å². The Morgan fingerprint density at radius 3 is 2.47 bits per heavy atom. The van der Waals surface area contributed by atoms with Crippen molar-refractivity contribution in [1.82, 2.24) is 15.0 Å². The third-order valence-electron chi connectivity index (χ3n) is 2.75. The van der Waals surface area contributed by atoms with E-state index in [1.165, 1.54) is 0 Å². The third kappa shape index (κ3) is 2.84. The molecule has 0 spiro atoms. The fourth-order valence-corrected chi connectivity index (χ4v) is 1.68. The largest absolute Gasteiger partial charge is 0.461 e. The highest BCUT2D eigenvalue weighted by Gasteiger charge is 2.24. The quantitative estimate of drug-likeness (QED) is 0.741. The molecule has 0 aliphatic heterocycles. The number of carbonyl (C=O) groups excluding carboxylic acids is 1. The van der Waals surface area contributed by atoms with E-state index in [4.69, 9.17) is 4.74 Å². The molecule has 1 rings (SSSR count). The number of nitrogens with zero attached hydrogens (tertiary/aromatic N) is 3. The average molecular weight is 239 g/mol. The summed E-state index contributed by atoms with van der Waals surface area (Å²) in [6.45, 7) is 10.3. The van der Waals surface area contributed by atoms with Gasteiger partial charge in [0.1, 0.15) is 0 Å². The van der Waals surface area contributed by atoms with Crippen LogP contribution in [0.5, 0.6) is 0 Å². The lowest BCUT2D eigenvalue weighted by atomic mass is 10.1. The summed E-state index contributed by atoms with van der Waals surface area (Å²) in [5, 5.41) is 8.04. The molecule has 0 amide bonds. The van der Waals surface area contributed by atoms with Gasteiger partial charge in [-0.2, -0.15) is 0 Å². The van der Waals surface area contributed by atoms with Gasteiger partial charge in [-0.15, -0.1) is 5.10 Å². The van der Waals surface area contributed by atoms with Gasteiger partial charge in [-0.3, -0.25) is 0 Å². The van der Waals surface area contributed by atoms with Crippen molar-refractivity contribution in [1.29, 1.82) is 0 Å². The van der Waals surface area contributed by atoms with Gasteiger partial charge in [-0.1, -0.05) is 26.0 Å². The minimum absolute atomic E-state index is 0.193. The second-order valence-corrected chi connectivity index (χ2v) is 4.40. The van der Waals surface area contributed by atoms with Crippen LogP contribution in [-0.4, -0.2) is 27.6 Å². The summed E-state index contributed by atoms with van der Waals surface area (Å²) in [7, 11) is 0. The molecule has 5 heteroatoms. The first kappa shape index (κ1) is 13.7. The van der Waals surface area contributed by atoms with Gasteiger partial charge in [0.05, 0.1) is 18.3 Å². The molecule has 0 saturated carbocycles. The molecule has 1 aromatic heterocycles. The van der Waals surface area contributed by atoms with Crippen molar-refractivity contribution in [2.45, 2.75) is 53.0 Å². The summed E-state index contributed by atoms with van der Waals surface area (Å²) in [6, 6.07) is 0.239. The molecule has 0 saturated heterocycles. The van der Waals surface area contributed by atoms with Crippen LogP contribution in [-0.2, 0) is 4.74 Å². The Morgan fingerprint density at radius 1 is 1.35 bits per heavy atom. The van der Waals surface area contributed by atoms with E-state index in [1.807, 2.05) is 18.5 Å². The van der Waals surface area contributed by atoms with Gasteiger partial charge in [-0.05, 0) is 26.2 Å². The maximum atomic E-state index is 11.8. The zero-order valence-corrected chi connectivity index (χ0v) is 11.2. The minimum Gasteiger partial charge on any atom is -0.461 e. The first-order valence-corrected chi connectivity index (χ1v) is 6.15. The van der Waals surface area contributed by atoms with E-state index in [0.717, 1.165) is 12.1 Å². The van der Waals surface area contributed by atoms with Crippen LogP contribution in [0.25, 0.3) is 0 Å². The molecule has 0 fully saturated rings. The Labute approximate surface area is 102 Å². The zero-order valence-electron chi connectivity index (χ0n) is 11.2. The molecule has 1 atom stereocenters. The predicted molar refractivity (Wildman–Crippen MR) is 65.1 cm³/mol. The molecule has 0 N–H and O–H groups in total. The Hall–Kier alpha value is -1.39. The fraction of sp³-hybridized carbons (Fsp3) is 0.750. The summed E-state index contributed by atoms with van der Waals surface area (Å²) >= 11 is 0. The van der Waals surface area contributed by atoms with Crippen LogP contribution < -0.4 is 0 Å². The number of carbonyl (C=O) groups is 1. The van der Waals surface area contributed by atoms with Crippen molar-refractivity contribution in [3.05, 3.63) is 11.4 Å². The number of aromatic nitrogens is 3. The van der Waals surface area contributed by atoms with Crippen LogP contribution in [0.4, 0.5) is 0 Å². The Bertz CT molecular complexity index is 385. The molecule has 0 radical (unpaired) electrons. The van der Waals surface area contributed by atoms with E-state index in [1.54, 1.807) is 6.92 Å². The lowest BCUT2D eigenvalue weighted by molar-refractivity contribution is 0.0517. The SMILES string of the molecule is CCOC(=O)c1nnn(C(C)CC)c1C(C)C. The van der Waals surface area contributed by atoms with E-state index in [2.05, 4.69) is 24.2 Å². The summed E-state index contributed by atoms with van der Waals surface area (Å²) in [6.07, 6.45) is 0.950. The van der Waals surface area contributed by atoms with Crippen molar-refractivity contribution in [2.24, 2.45) is 0 Å².